The Morgan fingerprint density at radius 1 is 0.955 bits per heavy atom. The number of ketones is 2. The van der Waals surface area contributed by atoms with E-state index in [0.29, 0.717) is 0 Å². The molecule has 0 aromatic heterocycles. The number of rotatable bonds is 8. The average molecular weight is 328 g/mol. The van der Waals surface area contributed by atoms with E-state index in [9.17, 15) is 19.2 Å². The zero-order valence-corrected chi connectivity index (χ0v) is 14.2. The highest BCUT2D eigenvalue weighted by atomic mass is 28.4. The molecule has 0 saturated carbocycles. The lowest BCUT2D eigenvalue weighted by Gasteiger charge is -2.24. The van der Waals surface area contributed by atoms with Crippen LogP contribution in [0.2, 0.25) is 13.1 Å². The van der Waals surface area contributed by atoms with Crippen molar-refractivity contribution in [1.29, 1.82) is 0 Å². The van der Waals surface area contributed by atoms with Gasteiger partial charge in [0.05, 0.1) is 7.11 Å². The number of esters is 1. The molecule has 0 aliphatic rings. The summed E-state index contributed by atoms with van der Waals surface area (Å²) < 4.78 is 14.9. The molecule has 0 heterocycles. The second kappa shape index (κ2) is 9.06. The van der Waals surface area contributed by atoms with Crippen LogP contribution in [-0.2, 0) is 32.8 Å². The second-order valence-electron chi connectivity index (χ2n) is 4.78. The monoisotopic (exact) mass is 328 g/mol. The third-order valence-corrected chi connectivity index (χ3v) is 3.86. The molecule has 7 nitrogen and oxygen atoms in total. The van der Waals surface area contributed by atoms with Gasteiger partial charge < -0.3 is 13.6 Å². The summed E-state index contributed by atoms with van der Waals surface area (Å²) in [6.07, 6.45) is 3.26. The lowest BCUT2D eigenvalue weighted by molar-refractivity contribution is -0.136. The van der Waals surface area contributed by atoms with Gasteiger partial charge in [-0.3, -0.25) is 9.59 Å². The van der Waals surface area contributed by atoms with Gasteiger partial charge in [0.1, 0.15) is 6.10 Å². The van der Waals surface area contributed by atoms with E-state index in [0.717, 1.165) is 24.3 Å². The third-order valence-electron chi connectivity index (χ3n) is 2.25. The highest BCUT2D eigenvalue weighted by molar-refractivity contribution is 6.66. The molecule has 0 radical (unpaired) electrons. The molecule has 0 aliphatic carbocycles. The van der Waals surface area contributed by atoms with Crippen molar-refractivity contribution in [2.45, 2.75) is 33.0 Å². The first kappa shape index (κ1) is 19.9. The van der Waals surface area contributed by atoms with Crippen LogP contribution < -0.4 is 0 Å². The fourth-order valence-electron chi connectivity index (χ4n) is 1.32. The highest BCUT2D eigenvalue weighted by Crippen LogP contribution is 2.11. The van der Waals surface area contributed by atoms with Crippen LogP contribution in [0.3, 0.4) is 0 Å². The third kappa shape index (κ3) is 8.98. The first-order valence-corrected chi connectivity index (χ1v) is 9.28. The average Bonchev–Trinajstić information content (AvgIpc) is 2.40. The highest BCUT2D eigenvalue weighted by Gasteiger charge is 2.32. The molecule has 0 N–H and O–H groups in total. The van der Waals surface area contributed by atoms with Gasteiger partial charge in [-0.1, -0.05) is 0 Å². The van der Waals surface area contributed by atoms with Crippen molar-refractivity contribution in [3.63, 3.8) is 0 Å². The number of carbonyl (C=O) groups is 4. The van der Waals surface area contributed by atoms with Crippen LogP contribution in [-0.4, -0.2) is 45.3 Å². The Balaban J connectivity index is 4.59. The van der Waals surface area contributed by atoms with E-state index in [4.69, 9.17) is 8.85 Å². The van der Waals surface area contributed by atoms with Crippen LogP contribution in [0.25, 0.3) is 0 Å². The van der Waals surface area contributed by atoms with Crippen molar-refractivity contribution in [1.82, 2.24) is 0 Å². The van der Waals surface area contributed by atoms with E-state index in [1.807, 2.05) is 0 Å². The lowest BCUT2D eigenvalue weighted by Crippen LogP contribution is -2.41. The van der Waals surface area contributed by atoms with Gasteiger partial charge >= 0.3 is 20.5 Å². The minimum absolute atomic E-state index is 0.253. The lowest BCUT2D eigenvalue weighted by atomic mass is 10.2. The van der Waals surface area contributed by atoms with E-state index >= 15 is 0 Å². The molecule has 8 heteroatoms. The fourth-order valence-corrected chi connectivity index (χ4v) is 2.89. The molecule has 0 saturated heterocycles. The number of allylic oxidation sites excluding steroid dienone is 1. The maximum atomic E-state index is 11.7. The van der Waals surface area contributed by atoms with Crippen LogP contribution in [0.4, 0.5) is 0 Å². The van der Waals surface area contributed by atoms with Crippen molar-refractivity contribution >= 4 is 32.1 Å². The summed E-state index contributed by atoms with van der Waals surface area (Å²) in [7, 11) is -1.74. The number of hydrogen-bond acceptors (Lipinski definition) is 7. The van der Waals surface area contributed by atoms with Gasteiger partial charge in [0.15, 0.2) is 11.6 Å². The molecular formula is C14H20O7Si. The smallest absolute Gasteiger partial charge is 0.396 e. The van der Waals surface area contributed by atoms with Crippen LogP contribution in [0, 0.1) is 0 Å². The topological polar surface area (TPSA) is 96.0 Å². The van der Waals surface area contributed by atoms with Crippen LogP contribution >= 0.6 is 0 Å². The molecule has 0 bridgehead atoms. The summed E-state index contributed by atoms with van der Waals surface area (Å²) in [5.74, 6) is -2.11. The minimum atomic E-state index is -2.92. The maximum Gasteiger partial charge on any atom is 0.396 e. The molecule has 1 unspecified atom stereocenters. The standard InChI is InChI=1S/C14H20O7Si/c1-10(15)6-7-12(16)11(2)20-22(4,5)21-14(18)9-8-13(17)19-3/h6-9,11H,1-5H3. The quantitative estimate of drug-likeness (QED) is 0.374. The zero-order valence-electron chi connectivity index (χ0n) is 13.2. The van der Waals surface area contributed by atoms with Gasteiger partial charge in [-0.15, -0.1) is 0 Å². The summed E-state index contributed by atoms with van der Waals surface area (Å²) in [6.45, 7) is 5.98. The molecule has 0 aliphatic heterocycles. The number of hydrogen-bond donors (Lipinski definition) is 0. The van der Waals surface area contributed by atoms with Gasteiger partial charge in [0.25, 0.3) is 0 Å². The summed E-state index contributed by atoms with van der Waals surface area (Å²) >= 11 is 0. The van der Waals surface area contributed by atoms with Crippen LogP contribution in [0.1, 0.15) is 13.8 Å². The summed E-state index contributed by atoms with van der Waals surface area (Å²) in [6, 6.07) is 0. The Bertz CT molecular complexity index is 505. The molecule has 122 valence electrons. The molecule has 0 amide bonds. The van der Waals surface area contributed by atoms with E-state index < -0.39 is 32.4 Å². The SMILES string of the molecule is COC(=O)C=CC(=O)O[Si](C)(C)OC(C)C(=O)C=CC(C)=O. The molecule has 0 fully saturated rings. The molecular weight excluding hydrogens is 308 g/mol. The summed E-state index contributed by atoms with van der Waals surface area (Å²) in [5, 5.41) is 0. The van der Waals surface area contributed by atoms with Crippen molar-refractivity contribution in [3.05, 3.63) is 24.3 Å². The van der Waals surface area contributed by atoms with Crippen molar-refractivity contribution in [3.8, 4) is 0 Å². The summed E-state index contributed by atoms with van der Waals surface area (Å²) in [4.78, 5) is 44.9. The molecule has 0 spiro atoms. The molecule has 0 aromatic carbocycles. The molecule has 1 atom stereocenters. The zero-order chi connectivity index (χ0) is 17.3. The Morgan fingerprint density at radius 2 is 1.50 bits per heavy atom. The predicted octanol–water partition coefficient (Wildman–Crippen LogP) is 1.08. The Kier molecular flexibility index (Phi) is 8.21. The van der Waals surface area contributed by atoms with Gasteiger partial charge in [0.2, 0.25) is 0 Å². The Morgan fingerprint density at radius 3 is 2.00 bits per heavy atom. The number of ether oxygens (including phenoxy) is 1. The Labute approximate surface area is 130 Å². The van der Waals surface area contributed by atoms with E-state index in [-0.39, 0.29) is 5.78 Å². The first-order chi connectivity index (χ1) is 10.1. The maximum absolute atomic E-state index is 11.7. The summed E-state index contributed by atoms with van der Waals surface area (Å²) in [5.41, 5.74) is 0. The second-order valence-corrected chi connectivity index (χ2v) is 8.02. The van der Waals surface area contributed by atoms with Gasteiger partial charge in [-0.25, -0.2) is 9.59 Å². The molecule has 22 heavy (non-hydrogen) atoms. The normalized spacial score (nSPS) is 13.1. The van der Waals surface area contributed by atoms with Gasteiger partial charge in [-0.05, 0) is 39.1 Å². The number of carbonyl (C=O) groups excluding carboxylic acids is 4. The first-order valence-electron chi connectivity index (χ1n) is 6.46. The van der Waals surface area contributed by atoms with Crippen molar-refractivity contribution in [2.75, 3.05) is 7.11 Å². The molecule has 0 rings (SSSR count). The van der Waals surface area contributed by atoms with Crippen LogP contribution in [0.5, 0.6) is 0 Å². The van der Waals surface area contributed by atoms with E-state index in [1.165, 1.54) is 21.0 Å². The van der Waals surface area contributed by atoms with E-state index in [2.05, 4.69) is 4.74 Å². The van der Waals surface area contributed by atoms with Crippen LogP contribution in [0.15, 0.2) is 24.3 Å². The number of methoxy groups -OCH3 is 1. The largest absolute Gasteiger partial charge is 0.491 e. The Hall–Kier alpha value is -2.06. The van der Waals surface area contributed by atoms with Crippen molar-refractivity contribution in [2.24, 2.45) is 0 Å². The minimum Gasteiger partial charge on any atom is -0.491 e. The van der Waals surface area contributed by atoms with Crippen molar-refractivity contribution < 1.29 is 32.8 Å². The fraction of sp³-hybridized carbons (Fsp3) is 0.429. The molecule has 0 aromatic rings. The predicted molar refractivity (Wildman–Crippen MR) is 80.1 cm³/mol. The van der Waals surface area contributed by atoms with Gasteiger partial charge in [-0.2, -0.15) is 0 Å². The van der Waals surface area contributed by atoms with Gasteiger partial charge in [0, 0.05) is 12.2 Å². The van der Waals surface area contributed by atoms with E-state index in [1.54, 1.807) is 13.1 Å².